The molecule has 0 radical (unpaired) electrons. The van der Waals surface area contributed by atoms with E-state index in [0.29, 0.717) is 31.2 Å². The quantitative estimate of drug-likeness (QED) is 0.891. The van der Waals surface area contributed by atoms with Crippen molar-refractivity contribution in [1.82, 2.24) is 4.72 Å². The van der Waals surface area contributed by atoms with Crippen molar-refractivity contribution in [2.45, 2.75) is 43.5 Å². The first kappa shape index (κ1) is 15.9. The van der Waals surface area contributed by atoms with Gasteiger partial charge in [-0.3, -0.25) is 4.79 Å². The number of aryl methyl sites for hydroxylation is 1. The highest BCUT2D eigenvalue weighted by Crippen LogP contribution is 2.25. The molecule has 1 fully saturated rings. The van der Waals surface area contributed by atoms with Crippen LogP contribution in [0.15, 0.2) is 23.1 Å². The van der Waals surface area contributed by atoms with Gasteiger partial charge in [0.15, 0.2) is 0 Å². The average molecular weight is 315 g/mol. The Labute approximate surface area is 123 Å². The lowest BCUT2D eigenvalue weighted by atomic mass is 9.87. The summed E-state index contributed by atoms with van der Waals surface area (Å²) in [6, 6.07) is 3.49. The lowest BCUT2D eigenvalue weighted by Gasteiger charge is -2.26. The number of benzene rings is 1. The third kappa shape index (κ3) is 3.79. The Balaban J connectivity index is 2.05. The van der Waals surface area contributed by atoms with Gasteiger partial charge >= 0.3 is 5.97 Å². The van der Waals surface area contributed by atoms with Crippen molar-refractivity contribution in [2.24, 2.45) is 5.92 Å². The minimum absolute atomic E-state index is 0.106. The molecule has 1 aromatic carbocycles. The van der Waals surface area contributed by atoms with Gasteiger partial charge in [-0.2, -0.15) is 0 Å². The largest absolute Gasteiger partial charge is 0.481 e. The van der Waals surface area contributed by atoms with Gasteiger partial charge in [0.05, 0.1) is 10.8 Å². The lowest BCUT2D eigenvalue weighted by molar-refractivity contribution is -0.142. The van der Waals surface area contributed by atoms with Crippen LogP contribution in [0.2, 0.25) is 0 Å². The Bertz CT molecular complexity index is 636. The monoisotopic (exact) mass is 315 g/mol. The molecule has 21 heavy (non-hydrogen) atoms. The van der Waals surface area contributed by atoms with E-state index in [1.165, 1.54) is 12.1 Å². The van der Waals surface area contributed by atoms with Gasteiger partial charge in [0.2, 0.25) is 10.0 Å². The number of halogens is 1. The van der Waals surface area contributed by atoms with Gasteiger partial charge < -0.3 is 5.11 Å². The van der Waals surface area contributed by atoms with Gasteiger partial charge in [-0.05, 0) is 50.3 Å². The number of carbonyl (C=O) groups is 1. The average Bonchev–Trinajstić information content (AvgIpc) is 2.42. The number of hydrogen-bond donors (Lipinski definition) is 2. The fourth-order valence-corrected chi connectivity index (χ4v) is 3.80. The van der Waals surface area contributed by atoms with Crippen LogP contribution in [0.1, 0.15) is 31.2 Å². The molecule has 0 aliphatic heterocycles. The van der Waals surface area contributed by atoms with E-state index in [9.17, 15) is 17.6 Å². The van der Waals surface area contributed by atoms with E-state index in [1.54, 1.807) is 6.92 Å². The highest BCUT2D eigenvalue weighted by atomic mass is 32.2. The summed E-state index contributed by atoms with van der Waals surface area (Å²) in [6.45, 7) is 1.56. The first-order valence-corrected chi connectivity index (χ1v) is 8.29. The molecular weight excluding hydrogens is 297 g/mol. The molecule has 0 saturated heterocycles. The molecule has 1 aliphatic carbocycles. The smallest absolute Gasteiger partial charge is 0.306 e. The van der Waals surface area contributed by atoms with Crippen molar-refractivity contribution in [3.63, 3.8) is 0 Å². The molecule has 1 aliphatic rings. The minimum atomic E-state index is -3.77. The predicted molar refractivity (Wildman–Crippen MR) is 74.8 cm³/mol. The van der Waals surface area contributed by atoms with Gasteiger partial charge in [-0.1, -0.05) is 6.07 Å². The van der Waals surface area contributed by atoms with Gasteiger partial charge in [-0.25, -0.2) is 17.5 Å². The zero-order valence-corrected chi connectivity index (χ0v) is 12.5. The summed E-state index contributed by atoms with van der Waals surface area (Å²) in [5.74, 6) is -1.80. The first-order valence-electron chi connectivity index (χ1n) is 6.81. The van der Waals surface area contributed by atoms with Crippen LogP contribution in [-0.2, 0) is 14.8 Å². The maximum absolute atomic E-state index is 13.5. The van der Waals surface area contributed by atoms with Crippen molar-refractivity contribution >= 4 is 16.0 Å². The minimum Gasteiger partial charge on any atom is -0.481 e. The maximum atomic E-state index is 13.5. The fourth-order valence-electron chi connectivity index (χ4n) is 2.49. The van der Waals surface area contributed by atoms with E-state index in [0.717, 1.165) is 6.07 Å². The van der Waals surface area contributed by atoms with Gasteiger partial charge in [0, 0.05) is 6.04 Å². The Morgan fingerprint density at radius 3 is 2.43 bits per heavy atom. The highest BCUT2D eigenvalue weighted by molar-refractivity contribution is 7.89. The number of carboxylic acid groups (broad SMARTS) is 1. The molecule has 0 atom stereocenters. The van der Waals surface area contributed by atoms with Crippen molar-refractivity contribution < 1.29 is 22.7 Å². The highest BCUT2D eigenvalue weighted by Gasteiger charge is 2.29. The van der Waals surface area contributed by atoms with Crippen molar-refractivity contribution in [3.05, 3.63) is 29.6 Å². The zero-order chi connectivity index (χ0) is 15.6. The summed E-state index contributed by atoms with van der Waals surface area (Å²) in [5.41, 5.74) is 0.385. The van der Waals surface area contributed by atoms with Gasteiger partial charge in [0.25, 0.3) is 0 Å². The Morgan fingerprint density at radius 2 is 1.90 bits per heavy atom. The maximum Gasteiger partial charge on any atom is 0.306 e. The second kappa shape index (κ2) is 6.11. The summed E-state index contributed by atoms with van der Waals surface area (Å²) in [6.07, 6.45) is 1.85. The van der Waals surface area contributed by atoms with Crippen LogP contribution >= 0.6 is 0 Å². The van der Waals surface area contributed by atoms with E-state index < -0.39 is 27.7 Å². The number of sulfonamides is 1. The molecular formula is C14H18FNO4S. The first-order chi connectivity index (χ1) is 9.79. The molecule has 7 heteroatoms. The van der Waals surface area contributed by atoms with Crippen LogP contribution in [-0.4, -0.2) is 25.5 Å². The van der Waals surface area contributed by atoms with E-state index in [2.05, 4.69) is 4.72 Å². The van der Waals surface area contributed by atoms with Crippen LogP contribution in [0.4, 0.5) is 4.39 Å². The zero-order valence-electron chi connectivity index (χ0n) is 11.7. The molecule has 0 spiro atoms. The van der Waals surface area contributed by atoms with Crippen molar-refractivity contribution in [1.29, 1.82) is 0 Å². The SMILES string of the molecule is Cc1ccc(S(=O)(=O)NC2CCC(C(=O)O)CC2)cc1F. The molecule has 1 aromatic rings. The topological polar surface area (TPSA) is 83.5 Å². The second-order valence-corrected chi connectivity index (χ2v) is 7.13. The van der Waals surface area contributed by atoms with Crippen LogP contribution in [0.5, 0.6) is 0 Å². The number of carboxylic acids is 1. The third-order valence-corrected chi connectivity index (χ3v) is 5.37. The van der Waals surface area contributed by atoms with E-state index in [-0.39, 0.29) is 10.9 Å². The Morgan fingerprint density at radius 1 is 1.29 bits per heavy atom. The molecule has 0 heterocycles. The molecule has 0 aromatic heterocycles. The van der Waals surface area contributed by atoms with Crippen molar-refractivity contribution in [2.75, 3.05) is 0 Å². The van der Waals surface area contributed by atoms with E-state index in [4.69, 9.17) is 5.11 Å². The summed E-state index contributed by atoms with van der Waals surface area (Å²) in [4.78, 5) is 10.8. The fraction of sp³-hybridized carbons (Fsp3) is 0.500. The third-order valence-electron chi connectivity index (χ3n) is 3.85. The Kier molecular flexibility index (Phi) is 4.63. The second-order valence-electron chi connectivity index (χ2n) is 5.42. The summed E-state index contributed by atoms with van der Waals surface area (Å²) in [7, 11) is -3.77. The molecule has 1 saturated carbocycles. The normalized spacial score (nSPS) is 23.0. The van der Waals surface area contributed by atoms with Crippen LogP contribution in [0, 0.1) is 18.7 Å². The molecule has 5 nitrogen and oxygen atoms in total. The molecule has 116 valence electrons. The van der Waals surface area contributed by atoms with Gasteiger partial charge in [0.1, 0.15) is 5.82 Å². The number of hydrogen-bond acceptors (Lipinski definition) is 3. The number of nitrogens with one attached hydrogen (secondary N) is 1. The molecule has 0 unspecified atom stereocenters. The Hall–Kier alpha value is -1.47. The molecule has 2 N–H and O–H groups in total. The van der Waals surface area contributed by atoms with Gasteiger partial charge in [-0.15, -0.1) is 0 Å². The van der Waals surface area contributed by atoms with Crippen LogP contribution < -0.4 is 4.72 Å². The molecule has 0 bridgehead atoms. The van der Waals surface area contributed by atoms with Crippen molar-refractivity contribution in [3.8, 4) is 0 Å². The summed E-state index contributed by atoms with van der Waals surface area (Å²) in [5, 5.41) is 8.91. The lowest BCUT2D eigenvalue weighted by Crippen LogP contribution is -2.38. The van der Waals surface area contributed by atoms with Crippen LogP contribution in [0.25, 0.3) is 0 Å². The van der Waals surface area contributed by atoms with E-state index in [1.807, 2.05) is 0 Å². The van der Waals surface area contributed by atoms with E-state index >= 15 is 0 Å². The molecule has 2 rings (SSSR count). The standard InChI is InChI=1S/C14H18FNO4S/c1-9-2-7-12(8-13(9)15)21(19,20)16-11-5-3-10(4-6-11)14(17)18/h2,7-8,10-11,16H,3-6H2,1H3,(H,17,18). The molecule has 0 amide bonds. The predicted octanol–water partition coefficient (Wildman–Crippen LogP) is 2.06. The summed E-state index contributed by atoms with van der Waals surface area (Å²) >= 11 is 0. The number of rotatable bonds is 4. The van der Waals surface area contributed by atoms with Crippen LogP contribution in [0.3, 0.4) is 0 Å². The summed E-state index contributed by atoms with van der Waals surface area (Å²) < 4.78 is 40.4. The number of aliphatic carboxylic acids is 1.